The SMILES string of the molecule is [B]c1cc(S(=O)(=O)c2ccccc2)ccc1CCC=C. The average Bonchev–Trinajstić information content (AvgIpc) is 2.47. The summed E-state index contributed by atoms with van der Waals surface area (Å²) < 4.78 is 24.9. The lowest BCUT2D eigenvalue weighted by Gasteiger charge is -2.09. The van der Waals surface area contributed by atoms with Crippen LogP contribution in [-0.2, 0) is 16.3 Å². The molecular formula is C16H15BO2S. The molecule has 4 heteroatoms. The maximum absolute atomic E-state index is 12.4. The summed E-state index contributed by atoms with van der Waals surface area (Å²) in [7, 11) is 2.44. The molecule has 0 atom stereocenters. The van der Waals surface area contributed by atoms with Crippen LogP contribution in [0.3, 0.4) is 0 Å². The summed E-state index contributed by atoms with van der Waals surface area (Å²) in [6, 6.07) is 13.3. The van der Waals surface area contributed by atoms with E-state index in [9.17, 15) is 8.42 Å². The zero-order chi connectivity index (χ0) is 14.6. The monoisotopic (exact) mass is 282 g/mol. The average molecular weight is 282 g/mol. The predicted molar refractivity (Wildman–Crippen MR) is 82.2 cm³/mol. The Kier molecular flexibility index (Phi) is 4.45. The third-order valence-electron chi connectivity index (χ3n) is 3.10. The van der Waals surface area contributed by atoms with Gasteiger partial charge in [-0.05, 0) is 37.1 Å². The minimum atomic E-state index is -3.50. The van der Waals surface area contributed by atoms with E-state index in [-0.39, 0.29) is 9.79 Å². The van der Waals surface area contributed by atoms with Crippen LogP contribution in [0.2, 0.25) is 0 Å². The zero-order valence-electron chi connectivity index (χ0n) is 11.1. The molecule has 0 unspecified atom stereocenters. The molecule has 2 nitrogen and oxygen atoms in total. The van der Waals surface area contributed by atoms with Crippen molar-refractivity contribution in [1.29, 1.82) is 0 Å². The highest BCUT2D eigenvalue weighted by atomic mass is 32.2. The molecule has 0 bridgehead atoms. The van der Waals surface area contributed by atoms with Crippen molar-refractivity contribution in [3.8, 4) is 0 Å². The Morgan fingerprint density at radius 2 is 1.75 bits per heavy atom. The van der Waals surface area contributed by atoms with Gasteiger partial charge in [-0.2, -0.15) is 0 Å². The first kappa shape index (κ1) is 14.6. The van der Waals surface area contributed by atoms with Gasteiger partial charge in [0.2, 0.25) is 9.84 Å². The molecule has 0 saturated heterocycles. The summed E-state index contributed by atoms with van der Waals surface area (Å²) in [6.07, 6.45) is 3.39. The largest absolute Gasteiger partial charge is 0.219 e. The minimum absolute atomic E-state index is 0.226. The molecule has 0 spiro atoms. The highest BCUT2D eigenvalue weighted by Gasteiger charge is 2.17. The van der Waals surface area contributed by atoms with Crippen molar-refractivity contribution >= 4 is 23.1 Å². The molecule has 2 aromatic rings. The van der Waals surface area contributed by atoms with Crippen molar-refractivity contribution in [2.75, 3.05) is 0 Å². The number of hydrogen-bond donors (Lipinski definition) is 0. The van der Waals surface area contributed by atoms with Crippen molar-refractivity contribution in [2.24, 2.45) is 0 Å². The van der Waals surface area contributed by atoms with Crippen LogP contribution in [0.15, 0.2) is 71.0 Å². The van der Waals surface area contributed by atoms with Crippen molar-refractivity contribution in [3.05, 3.63) is 66.7 Å². The fourth-order valence-electron chi connectivity index (χ4n) is 1.96. The number of sulfone groups is 1. The molecule has 0 N–H and O–H groups in total. The van der Waals surface area contributed by atoms with Crippen LogP contribution >= 0.6 is 0 Å². The highest BCUT2D eigenvalue weighted by Crippen LogP contribution is 2.20. The second-order valence-electron chi connectivity index (χ2n) is 4.50. The van der Waals surface area contributed by atoms with Gasteiger partial charge in [-0.3, -0.25) is 0 Å². The quantitative estimate of drug-likeness (QED) is 0.623. The Balaban J connectivity index is 2.39. The van der Waals surface area contributed by atoms with E-state index in [2.05, 4.69) is 6.58 Å². The van der Waals surface area contributed by atoms with Gasteiger partial charge in [-0.1, -0.05) is 41.4 Å². The highest BCUT2D eigenvalue weighted by molar-refractivity contribution is 7.91. The van der Waals surface area contributed by atoms with Crippen molar-refractivity contribution in [2.45, 2.75) is 22.6 Å². The van der Waals surface area contributed by atoms with Gasteiger partial charge in [0.1, 0.15) is 7.85 Å². The molecule has 0 amide bonds. The lowest BCUT2D eigenvalue weighted by atomic mass is 9.88. The summed E-state index contributed by atoms with van der Waals surface area (Å²) in [4.78, 5) is 0.502. The molecule has 2 aromatic carbocycles. The Bertz CT molecular complexity index is 707. The fourth-order valence-corrected chi connectivity index (χ4v) is 3.28. The molecule has 2 radical (unpaired) electrons. The summed E-state index contributed by atoms with van der Waals surface area (Å²) in [5.74, 6) is 0. The first-order valence-corrected chi connectivity index (χ1v) is 7.83. The minimum Gasteiger partial charge on any atom is -0.219 e. The second kappa shape index (κ2) is 6.10. The first-order valence-electron chi connectivity index (χ1n) is 6.35. The molecule has 20 heavy (non-hydrogen) atoms. The Morgan fingerprint density at radius 1 is 1.05 bits per heavy atom. The topological polar surface area (TPSA) is 34.1 Å². The maximum Gasteiger partial charge on any atom is 0.206 e. The van der Waals surface area contributed by atoms with Gasteiger partial charge in [0.25, 0.3) is 0 Å². The van der Waals surface area contributed by atoms with E-state index >= 15 is 0 Å². The lowest BCUT2D eigenvalue weighted by Crippen LogP contribution is -2.13. The van der Waals surface area contributed by atoms with Gasteiger partial charge < -0.3 is 0 Å². The van der Waals surface area contributed by atoms with Crippen LogP contribution in [0.4, 0.5) is 0 Å². The van der Waals surface area contributed by atoms with Crippen LogP contribution in [0.1, 0.15) is 12.0 Å². The van der Waals surface area contributed by atoms with E-state index < -0.39 is 9.84 Å². The van der Waals surface area contributed by atoms with Gasteiger partial charge in [0, 0.05) is 0 Å². The molecular weight excluding hydrogens is 267 g/mol. The third-order valence-corrected chi connectivity index (χ3v) is 4.87. The van der Waals surface area contributed by atoms with Gasteiger partial charge in [-0.25, -0.2) is 8.42 Å². The zero-order valence-corrected chi connectivity index (χ0v) is 11.9. The predicted octanol–water partition coefficient (Wildman–Crippen LogP) is 2.43. The standard InChI is InChI=1S/C16H15BO2S/c1-2-3-7-13-10-11-15(12-16(13)17)20(18,19)14-8-5-4-6-9-14/h2,4-6,8-12H,1,3,7H2. The maximum atomic E-state index is 12.4. The molecule has 0 fully saturated rings. The summed E-state index contributed by atoms with van der Waals surface area (Å²) in [5, 5.41) is 0. The van der Waals surface area contributed by atoms with Crippen LogP contribution in [-0.4, -0.2) is 16.3 Å². The number of benzene rings is 2. The number of aryl methyl sites for hydroxylation is 1. The Morgan fingerprint density at radius 3 is 2.35 bits per heavy atom. The smallest absolute Gasteiger partial charge is 0.206 e. The number of rotatable bonds is 5. The van der Waals surface area contributed by atoms with Crippen molar-refractivity contribution in [1.82, 2.24) is 0 Å². The molecule has 0 aliphatic carbocycles. The van der Waals surface area contributed by atoms with E-state index in [0.717, 1.165) is 18.4 Å². The Labute approximate surface area is 121 Å². The summed E-state index contributed by atoms with van der Waals surface area (Å²) in [6.45, 7) is 3.67. The summed E-state index contributed by atoms with van der Waals surface area (Å²) in [5.41, 5.74) is 1.45. The van der Waals surface area contributed by atoms with Crippen LogP contribution in [0.25, 0.3) is 0 Å². The van der Waals surface area contributed by atoms with Crippen molar-refractivity contribution in [3.63, 3.8) is 0 Å². The fraction of sp³-hybridized carbons (Fsp3) is 0.125. The normalized spacial score (nSPS) is 11.2. The molecule has 0 aliphatic rings. The van der Waals surface area contributed by atoms with E-state index in [1.54, 1.807) is 42.5 Å². The first-order chi connectivity index (χ1) is 9.55. The number of allylic oxidation sites excluding steroid dienone is 1. The number of hydrogen-bond acceptors (Lipinski definition) is 2. The molecule has 0 saturated carbocycles. The van der Waals surface area contributed by atoms with Gasteiger partial charge in [0.15, 0.2) is 0 Å². The second-order valence-corrected chi connectivity index (χ2v) is 6.45. The van der Waals surface area contributed by atoms with Crippen molar-refractivity contribution < 1.29 is 8.42 Å². The van der Waals surface area contributed by atoms with E-state index in [1.165, 1.54) is 6.07 Å². The summed E-state index contributed by atoms with van der Waals surface area (Å²) >= 11 is 0. The van der Waals surface area contributed by atoms with Crippen LogP contribution in [0, 0.1) is 0 Å². The van der Waals surface area contributed by atoms with E-state index in [0.29, 0.717) is 5.46 Å². The van der Waals surface area contributed by atoms with Gasteiger partial charge in [0.05, 0.1) is 9.79 Å². The molecule has 0 heterocycles. The third kappa shape index (κ3) is 3.02. The molecule has 0 aliphatic heterocycles. The molecule has 2 rings (SSSR count). The Hall–Kier alpha value is -1.81. The van der Waals surface area contributed by atoms with E-state index in [1.807, 2.05) is 6.08 Å². The van der Waals surface area contributed by atoms with Crippen LogP contribution < -0.4 is 5.46 Å². The van der Waals surface area contributed by atoms with E-state index in [4.69, 9.17) is 7.85 Å². The van der Waals surface area contributed by atoms with Gasteiger partial charge >= 0.3 is 0 Å². The molecule has 0 aromatic heterocycles. The lowest BCUT2D eigenvalue weighted by molar-refractivity contribution is 0.596. The van der Waals surface area contributed by atoms with Crippen LogP contribution in [0.5, 0.6) is 0 Å². The molecule has 100 valence electrons. The van der Waals surface area contributed by atoms with Gasteiger partial charge in [-0.15, -0.1) is 6.58 Å².